The Kier molecular flexibility index (Phi) is 2.56. The van der Waals surface area contributed by atoms with Crippen LogP contribution in [-0.2, 0) is 7.05 Å². The van der Waals surface area contributed by atoms with Gasteiger partial charge in [-0.25, -0.2) is 0 Å². The standard InChI is InChI=1S/C11H9ClN2O/c1-14-11(8-5-3-2-4-6-8)10(12)9(7-15)13-14/h2-7H,1H3. The Morgan fingerprint density at radius 1 is 1.33 bits per heavy atom. The molecule has 1 aromatic heterocycles. The molecule has 0 unspecified atom stereocenters. The third-order valence-electron chi connectivity index (χ3n) is 2.17. The van der Waals surface area contributed by atoms with E-state index in [9.17, 15) is 4.79 Å². The molecule has 1 aromatic carbocycles. The van der Waals surface area contributed by atoms with E-state index in [4.69, 9.17) is 11.6 Å². The highest BCUT2D eigenvalue weighted by atomic mass is 35.5. The fraction of sp³-hybridized carbons (Fsp3) is 0.0909. The maximum Gasteiger partial charge on any atom is 0.171 e. The van der Waals surface area contributed by atoms with Crippen molar-refractivity contribution in [3.8, 4) is 11.3 Å². The smallest absolute Gasteiger partial charge is 0.171 e. The topological polar surface area (TPSA) is 34.9 Å². The number of aldehydes is 1. The first-order chi connectivity index (χ1) is 7.24. The molecular formula is C11H9ClN2O. The second kappa shape index (κ2) is 3.87. The molecule has 0 aliphatic rings. The van der Waals surface area contributed by atoms with Crippen LogP contribution in [0.2, 0.25) is 5.02 Å². The molecule has 2 aromatic rings. The SMILES string of the molecule is Cn1nc(C=O)c(Cl)c1-c1ccccc1. The molecule has 0 N–H and O–H groups in total. The molecule has 0 bridgehead atoms. The van der Waals surface area contributed by atoms with E-state index in [1.54, 1.807) is 11.7 Å². The van der Waals surface area contributed by atoms with Crippen molar-refractivity contribution in [2.24, 2.45) is 7.05 Å². The van der Waals surface area contributed by atoms with Crippen LogP contribution in [0, 0.1) is 0 Å². The van der Waals surface area contributed by atoms with Crippen molar-refractivity contribution in [1.82, 2.24) is 9.78 Å². The van der Waals surface area contributed by atoms with Gasteiger partial charge in [0.15, 0.2) is 6.29 Å². The van der Waals surface area contributed by atoms with Crippen LogP contribution in [0.4, 0.5) is 0 Å². The van der Waals surface area contributed by atoms with Gasteiger partial charge >= 0.3 is 0 Å². The van der Waals surface area contributed by atoms with Gasteiger partial charge in [0.2, 0.25) is 0 Å². The van der Waals surface area contributed by atoms with E-state index in [-0.39, 0.29) is 5.69 Å². The van der Waals surface area contributed by atoms with Gasteiger partial charge in [-0.15, -0.1) is 0 Å². The molecule has 0 spiro atoms. The van der Waals surface area contributed by atoms with E-state index in [2.05, 4.69) is 5.10 Å². The fourth-order valence-electron chi connectivity index (χ4n) is 1.50. The van der Waals surface area contributed by atoms with Crippen molar-refractivity contribution in [1.29, 1.82) is 0 Å². The molecule has 1 heterocycles. The molecule has 0 saturated carbocycles. The molecule has 0 atom stereocenters. The fourth-order valence-corrected chi connectivity index (χ4v) is 1.82. The van der Waals surface area contributed by atoms with Crippen LogP contribution in [0.15, 0.2) is 30.3 Å². The normalized spacial score (nSPS) is 10.3. The minimum atomic E-state index is 0.276. The maximum atomic E-state index is 10.7. The van der Waals surface area contributed by atoms with E-state index >= 15 is 0 Å². The van der Waals surface area contributed by atoms with Gasteiger partial charge in [0.05, 0.1) is 10.7 Å². The summed E-state index contributed by atoms with van der Waals surface area (Å²) in [6.07, 6.45) is 0.661. The van der Waals surface area contributed by atoms with Gasteiger partial charge in [-0.05, 0) is 0 Å². The van der Waals surface area contributed by atoms with Crippen LogP contribution < -0.4 is 0 Å². The highest BCUT2D eigenvalue weighted by Gasteiger charge is 2.14. The van der Waals surface area contributed by atoms with Crippen molar-refractivity contribution in [3.63, 3.8) is 0 Å². The quantitative estimate of drug-likeness (QED) is 0.729. The summed E-state index contributed by atoms with van der Waals surface area (Å²) in [6.45, 7) is 0. The van der Waals surface area contributed by atoms with Gasteiger partial charge in [0.1, 0.15) is 5.69 Å². The zero-order valence-electron chi connectivity index (χ0n) is 8.14. The molecular weight excluding hydrogens is 212 g/mol. The molecule has 15 heavy (non-hydrogen) atoms. The lowest BCUT2D eigenvalue weighted by Gasteiger charge is -2.01. The summed E-state index contributed by atoms with van der Waals surface area (Å²) in [4.78, 5) is 10.7. The number of halogens is 1. The summed E-state index contributed by atoms with van der Waals surface area (Å²) in [7, 11) is 1.77. The Morgan fingerprint density at radius 2 is 2.00 bits per heavy atom. The lowest BCUT2D eigenvalue weighted by atomic mass is 10.1. The molecule has 0 aliphatic carbocycles. The third kappa shape index (κ3) is 1.66. The van der Waals surface area contributed by atoms with E-state index < -0.39 is 0 Å². The van der Waals surface area contributed by atoms with Crippen molar-refractivity contribution in [2.75, 3.05) is 0 Å². The largest absolute Gasteiger partial charge is 0.296 e. The molecule has 76 valence electrons. The van der Waals surface area contributed by atoms with Gasteiger partial charge in [-0.1, -0.05) is 41.9 Å². The van der Waals surface area contributed by atoms with E-state index in [1.807, 2.05) is 30.3 Å². The number of hydrogen-bond donors (Lipinski definition) is 0. The first-order valence-corrected chi connectivity index (χ1v) is 4.85. The molecule has 0 amide bonds. The summed E-state index contributed by atoms with van der Waals surface area (Å²) in [5.74, 6) is 0. The number of aryl methyl sites for hydroxylation is 1. The van der Waals surface area contributed by atoms with Crippen molar-refractivity contribution in [2.45, 2.75) is 0 Å². The number of aromatic nitrogens is 2. The number of carbonyl (C=O) groups is 1. The van der Waals surface area contributed by atoms with Crippen molar-refractivity contribution >= 4 is 17.9 Å². The van der Waals surface area contributed by atoms with Gasteiger partial charge < -0.3 is 0 Å². The number of carbonyl (C=O) groups excluding carboxylic acids is 1. The van der Waals surface area contributed by atoms with E-state index in [0.29, 0.717) is 11.3 Å². The Balaban J connectivity index is 2.63. The molecule has 3 nitrogen and oxygen atoms in total. The average Bonchev–Trinajstić information content (AvgIpc) is 2.55. The van der Waals surface area contributed by atoms with E-state index in [1.165, 1.54) is 0 Å². The zero-order valence-corrected chi connectivity index (χ0v) is 8.90. The number of hydrogen-bond acceptors (Lipinski definition) is 2. The minimum absolute atomic E-state index is 0.276. The second-order valence-corrected chi connectivity index (χ2v) is 3.53. The summed E-state index contributed by atoms with van der Waals surface area (Å²) in [5.41, 5.74) is 1.99. The van der Waals surface area contributed by atoms with Gasteiger partial charge in [-0.2, -0.15) is 5.10 Å². The van der Waals surface area contributed by atoms with Crippen LogP contribution in [0.25, 0.3) is 11.3 Å². The third-order valence-corrected chi connectivity index (χ3v) is 2.55. The number of rotatable bonds is 2. The predicted molar refractivity (Wildman–Crippen MR) is 59.0 cm³/mol. The minimum Gasteiger partial charge on any atom is -0.296 e. The van der Waals surface area contributed by atoms with Crippen LogP contribution >= 0.6 is 11.6 Å². The molecule has 0 saturated heterocycles. The summed E-state index contributed by atoms with van der Waals surface area (Å²) < 4.78 is 1.61. The molecule has 0 aliphatic heterocycles. The van der Waals surface area contributed by atoms with Crippen LogP contribution in [0.5, 0.6) is 0 Å². The Hall–Kier alpha value is -1.61. The second-order valence-electron chi connectivity index (χ2n) is 3.16. The summed E-state index contributed by atoms with van der Waals surface area (Å²) in [5, 5.41) is 4.42. The van der Waals surface area contributed by atoms with Crippen molar-refractivity contribution < 1.29 is 4.79 Å². The molecule has 4 heteroatoms. The first-order valence-electron chi connectivity index (χ1n) is 4.47. The Morgan fingerprint density at radius 3 is 2.53 bits per heavy atom. The van der Waals surface area contributed by atoms with Gasteiger partial charge in [-0.3, -0.25) is 9.48 Å². The lowest BCUT2D eigenvalue weighted by molar-refractivity contribution is 0.111. The highest BCUT2D eigenvalue weighted by molar-refractivity contribution is 6.35. The molecule has 0 radical (unpaired) electrons. The predicted octanol–water partition coefficient (Wildman–Crippen LogP) is 2.55. The molecule has 2 rings (SSSR count). The van der Waals surface area contributed by atoms with Crippen molar-refractivity contribution in [3.05, 3.63) is 41.0 Å². The first kappa shape index (κ1) is 9.93. The summed E-state index contributed by atoms with van der Waals surface area (Å²) in [6, 6.07) is 9.61. The zero-order chi connectivity index (χ0) is 10.8. The summed E-state index contributed by atoms with van der Waals surface area (Å²) >= 11 is 6.05. The molecule has 0 fully saturated rings. The van der Waals surface area contributed by atoms with Crippen LogP contribution in [-0.4, -0.2) is 16.1 Å². The monoisotopic (exact) mass is 220 g/mol. The lowest BCUT2D eigenvalue weighted by Crippen LogP contribution is -1.93. The Bertz CT molecular complexity index is 491. The Labute approximate surface area is 92.3 Å². The number of benzene rings is 1. The maximum absolute atomic E-state index is 10.7. The highest BCUT2D eigenvalue weighted by Crippen LogP contribution is 2.29. The van der Waals surface area contributed by atoms with Gasteiger partial charge in [0.25, 0.3) is 0 Å². The van der Waals surface area contributed by atoms with Crippen LogP contribution in [0.3, 0.4) is 0 Å². The number of nitrogens with zero attached hydrogens (tertiary/aromatic N) is 2. The average molecular weight is 221 g/mol. The van der Waals surface area contributed by atoms with E-state index in [0.717, 1.165) is 11.3 Å². The van der Waals surface area contributed by atoms with Crippen LogP contribution in [0.1, 0.15) is 10.5 Å². The van der Waals surface area contributed by atoms with Gasteiger partial charge in [0, 0.05) is 12.6 Å².